The molecule has 0 aliphatic carbocycles. The number of hydrogen-bond acceptors (Lipinski definition) is 4. The molecule has 1 spiro atoms. The maximum atomic E-state index is 13.4. The molecule has 1 fully saturated rings. The number of nitrogens with one attached hydrogen (secondary N) is 1. The van der Waals surface area contributed by atoms with E-state index in [0.29, 0.717) is 25.3 Å². The lowest BCUT2D eigenvalue weighted by atomic mass is 9.73. The zero-order valence-corrected chi connectivity index (χ0v) is 22.1. The lowest BCUT2D eigenvalue weighted by Gasteiger charge is -2.44. The maximum Gasteiger partial charge on any atom is 0.270 e. The number of para-hydroxylation sites is 1. The Balaban J connectivity index is 1.29. The summed E-state index contributed by atoms with van der Waals surface area (Å²) in [5, 5.41) is 0.995. The van der Waals surface area contributed by atoms with Crippen molar-refractivity contribution < 1.29 is 19.1 Å². The Morgan fingerprint density at radius 1 is 1.08 bits per heavy atom. The van der Waals surface area contributed by atoms with E-state index in [2.05, 4.69) is 11.1 Å². The highest BCUT2D eigenvalue weighted by Gasteiger charge is 2.38. The summed E-state index contributed by atoms with van der Waals surface area (Å²) >= 11 is 0. The van der Waals surface area contributed by atoms with Crippen LogP contribution < -0.4 is 9.47 Å². The molecule has 2 aliphatic rings. The molecule has 7 nitrogen and oxygen atoms in total. The van der Waals surface area contributed by atoms with Crippen LogP contribution in [0.25, 0.3) is 10.9 Å². The fraction of sp³-hybridized carbons (Fsp3) is 0.467. The standard InChI is InChI=1S/C30H37N3O4/c1-21-28(34)32(2)20-30(13-7-6-9-22-8-4-5-10-27(22)37-21)14-16-33(17-15-30)29(35)26-18-23-11-12-24(36-3)19-25(23)31-26/h4-5,8,10-12,18-19,21,31H,6-7,9,13-17,20H2,1-3H3/t21-/m1/s1. The SMILES string of the molecule is COc1ccc2cc(C(=O)N3CCC4(CCCCc5ccccc5O[C@H](C)C(=O)N(C)C4)CC3)[nH]c2c1. The van der Waals surface area contributed by atoms with Crippen LogP contribution in [0.5, 0.6) is 11.5 Å². The van der Waals surface area contributed by atoms with Crippen LogP contribution in [0.4, 0.5) is 0 Å². The minimum absolute atomic E-state index is 0.00163. The highest BCUT2D eigenvalue weighted by Crippen LogP contribution is 2.39. The van der Waals surface area contributed by atoms with Crippen molar-refractivity contribution in [3.63, 3.8) is 0 Å². The van der Waals surface area contributed by atoms with Crippen LogP contribution in [-0.2, 0) is 11.2 Å². The summed E-state index contributed by atoms with van der Waals surface area (Å²) < 4.78 is 11.4. The Morgan fingerprint density at radius 3 is 2.65 bits per heavy atom. The van der Waals surface area contributed by atoms with Gasteiger partial charge in [0.15, 0.2) is 6.10 Å². The molecule has 1 atom stereocenters. The summed E-state index contributed by atoms with van der Waals surface area (Å²) in [7, 11) is 3.53. The number of aryl methyl sites for hydroxylation is 1. The van der Waals surface area contributed by atoms with Crippen molar-refractivity contribution in [3.8, 4) is 11.5 Å². The fourth-order valence-electron chi connectivity index (χ4n) is 5.96. The van der Waals surface area contributed by atoms with E-state index < -0.39 is 6.10 Å². The lowest BCUT2D eigenvalue weighted by molar-refractivity contribution is -0.138. The number of likely N-dealkylation sites (tertiary alicyclic amines) is 1. The van der Waals surface area contributed by atoms with Crippen molar-refractivity contribution in [2.24, 2.45) is 5.41 Å². The van der Waals surface area contributed by atoms with Gasteiger partial charge in [0.2, 0.25) is 0 Å². The molecule has 5 rings (SSSR count). The lowest BCUT2D eigenvalue weighted by Crippen LogP contribution is -2.50. The number of carbonyl (C=O) groups excluding carboxylic acids is 2. The van der Waals surface area contributed by atoms with Crippen molar-refractivity contribution in [1.29, 1.82) is 0 Å². The third-order valence-electron chi connectivity index (χ3n) is 8.15. The quantitative estimate of drug-likeness (QED) is 0.531. The first-order chi connectivity index (χ1) is 17.9. The Hall–Kier alpha value is -3.48. The van der Waals surface area contributed by atoms with Gasteiger partial charge in [-0.2, -0.15) is 0 Å². The predicted molar refractivity (Wildman–Crippen MR) is 144 cm³/mol. The number of nitrogens with zero attached hydrogens (tertiary/aromatic N) is 2. The number of piperidine rings is 1. The molecule has 3 heterocycles. The molecule has 196 valence electrons. The molecule has 1 aromatic heterocycles. The van der Waals surface area contributed by atoms with Gasteiger partial charge < -0.3 is 24.3 Å². The second-order valence-corrected chi connectivity index (χ2v) is 10.7. The molecule has 2 amide bonds. The number of ether oxygens (including phenoxy) is 2. The van der Waals surface area contributed by atoms with E-state index in [9.17, 15) is 9.59 Å². The van der Waals surface area contributed by atoms with Crippen LogP contribution in [0.15, 0.2) is 48.5 Å². The number of amides is 2. The van der Waals surface area contributed by atoms with Gasteiger partial charge in [-0.3, -0.25) is 9.59 Å². The van der Waals surface area contributed by atoms with E-state index >= 15 is 0 Å². The topological polar surface area (TPSA) is 74.9 Å². The van der Waals surface area contributed by atoms with E-state index in [4.69, 9.17) is 9.47 Å². The highest BCUT2D eigenvalue weighted by atomic mass is 16.5. The number of aromatic amines is 1. The number of rotatable bonds is 2. The molecule has 2 aromatic carbocycles. The first-order valence-corrected chi connectivity index (χ1v) is 13.3. The van der Waals surface area contributed by atoms with Gasteiger partial charge >= 0.3 is 0 Å². The molecular formula is C30H37N3O4. The van der Waals surface area contributed by atoms with Gasteiger partial charge in [0.05, 0.1) is 7.11 Å². The second kappa shape index (κ2) is 10.5. The van der Waals surface area contributed by atoms with Crippen LogP contribution >= 0.6 is 0 Å². The summed E-state index contributed by atoms with van der Waals surface area (Å²) in [5.41, 5.74) is 2.67. The molecule has 3 aromatic rings. The molecule has 0 bridgehead atoms. The van der Waals surface area contributed by atoms with Crippen molar-refractivity contribution in [3.05, 3.63) is 59.8 Å². The number of methoxy groups -OCH3 is 1. The molecule has 0 radical (unpaired) electrons. The number of likely N-dealkylation sites (N-methyl/N-ethyl adjacent to an activating group) is 1. The average molecular weight is 504 g/mol. The maximum absolute atomic E-state index is 13.4. The first kappa shape index (κ1) is 25.2. The van der Waals surface area contributed by atoms with E-state index in [1.165, 1.54) is 0 Å². The molecule has 1 N–H and O–H groups in total. The minimum Gasteiger partial charge on any atom is -0.497 e. The number of carbonyl (C=O) groups is 2. The number of fused-ring (bicyclic) bond motifs is 2. The largest absolute Gasteiger partial charge is 0.497 e. The molecule has 2 aliphatic heterocycles. The second-order valence-electron chi connectivity index (χ2n) is 10.7. The molecule has 0 unspecified atom stereocenters. The molecule has 0 saturated carbocycles. The van der Waals surface area contributed by atoms with E-state index in [0.717, 1.165) is 66.5 Å². The van der Waals surface area contributed by atoms with Gasteiger partial charge in [0.25, 0.3) is 11.8 Å². The Bertz CT molecular complexity index is 1270. The monoisotopic (exact) mass is 503 g/mol. The van der Waals surface area contributed by atoms with Gasteiger partial charge in [-0.25, -0.2) is 0 Å². The van der Waals surface area contributed by atoms with E-state index in [1.807, 2.05) is 66.2 Å². The Labute approximate surface area is 218 Å². The minimum atomic E-state index is -0.537. The summed E-state index contributed by atoms with van der Waals surface area (Å²) in [6, 6.07) is 15.8. The van der Waals surface area contributed by atoms with Gasteiger partial charge in [0, 0.05) is 43.7 Å². The zero-order chi connectivity index (χ0) is 26.0. The predicted octanol–water partition coefficient (Wildman–Crippen LogP) is 5.05. The number of H-pyrrole nitrogens is 1. The van der Waals surface area contributed by atoms with Gasteiger partial charge in [-0.1, -0.05) is 24.6 Å². The molecular weight excluding hydrogens is 466 g/mol. The number of hydrogen-bond donors (Lipinski definition) is 1. The van der Waals surface area contributed by atoms with Crippen molar-refractivity contribution in [2.45, 2.75) is 51.6 Å². The Kier molecular flexibility index (Phi) is 7.13. The fourth-order valence-corrected chi connectivity index (χ4v) is 5.96. The zero-order valence-electron chi connectivity index (χ0n) is 22.1. The smallest absolute Gasteiger partial charge is 0.270 e. The first-order valence-electron chi connectivity index (χ1n) is 13.3. The summed E-state index contributed by atoms with van der Waals surface area (Å²) in [6.45, 7) is 3.91. The van der Waals surface area contributed by atoms with Crippen LogP contribution in [-0.4, -0.2) is 66.5 Å². The van der Waals surface area contributed by atoms with E-state index in [-0.39, 0.29) is 17.2 Å². The third-order valence-corrected chi connectivity index (χ3v) is 8.15. The third kappa shape index (κ3) is 5.31. The van der Waals surface area contributed by atoms with Crippen molar-refractivity contribution >= 4 is 22.7 Å². The number of aromatic nitrogens is 1. The number of benzene rings is 2. The highest BCUT2D eigenvalue weighted by molar-refractivity contribution is 5.98. The summed E-state index contributed by atoms with van der Waals surface area (Å²) in [5.74, 6) is 1.61. The molecule has 1 saturated heterocycles. The van der Waals surface area contributed by atoms with Gasteiger partial charge in [-0.15, -0.1) is 0 Å². The molecule has 37 heavy (non-hydrogen) atoms. The van der Waals surface area contributed by atoms with Crippen molar-refractivity contribution in [1.82, 2.24) is 14.8 Å². The molecule has 7 heteroatoms. The summed E-state index contributed by atoms with van der Waals surface area (Å²) in [6.07, 6.45) is 5.39. The van der Waals surface area contributed by atoms with Crippen LogP contribution in [0.1, 0.15) is 55.1 Å². The van der Waals surface area contributed by atoms with Gasteiger partial charge in [-0.05, 0) is 74.3 Å². The normalized spacial score (nSPS) is 20.6. The van der Waals surface area contributed by atoms with Crippen molar-refractivity contribution in [2.75, 3.05) is 33.8 Å². The van der Waals surface area contributed by atoms with Crippen LogP contribution in [0.3, 0.4) is 0 Å². The Morgan fingerprint density at radius 2 is 1.86 bits per heavy atom. The summed E-state index contributed by atoms with van der Waals surface area (Å²) in [4.78, 5) is 33.6. The van der Waals surface area contributed by atoms with E-state index in [1.54, 1.807) is 7.11 Å². The van der Waals surface area contributed by atoms with Crippen LogP contribution in [0, 0.1) is 5.41 Å². The van der Waals surface area contributed by atoms with Crippen LogP contribution in [0.2, 0.25) is 0 Å². The average Bonchev–Trinajstić information content (AvgIpc) is 3.34. The van der Waals surface area contributed by atoms with Gasteiger partial charge in [0.1, 0.15) is 17.2 Å².